The molecule has 0 fully saturated rings. The van der Waals surface area contributed by atoms with E-state index in [2.05, 4.69) is 0 Å². The number of alkyl halides is 3. The Morgan fingerprint density at radius 3 is 1.95 bits per heavy atom. The van der Waals surface area contributed by atoms with Crippen molar-refractivity contribution in [2.45, 2.75) is 12.3 Å². The summed E-state index contributed by atoms with van der Waals surface area (Å²) in [7, 11) is 0. The topological polar surface area (TPSA) is 80.9 Å². The van der Waals surface area contributed by atoms with Gasteiger partial charge < -0.3 is 20.4 Å². The molecule has 2 rings (SSSR count). The fourth-order valence-electron chi connectivity index (χ4n) is 1.92. The second-order valence-electron chi connectivity index (χ2n) is 4.39. The van der Waals surface area contributed by atoms with E-state index in [9.17, 15) is 28.5 Å². The molecular formula is C14H11F3O4. The van der Waals surface area contributed by atoms with Crippen LogP contribution in [0.2, 0.25) is 0 Å². The molecular weight excluding hydrogens is 289 g/mol. The SMILES string of the molecule is Oc1ccc(C(O)c2c(O)ccc(C(F)(F)F)c2O)cc1. The molecule has 0 saturated carbocycles. The summed E-state index contributed by atoms with van der Waals surface area (Å²) in [6, 6.07) is 6.25. The number of benzene rings is 2. The molecule has 21 heavy (non-hydrogen) atoms. The molecule has 7 heteroatoms. The lowest BCUT2D eigenvalue weighted by atomic mass is 9.97. The zero-order chi connectivity index (χ0) is 15.8. The first-order chi connectivity index (χ1) is 9.71. The van der Waals surface area contributed by atoms with Gasteiger partial charge in [-0.25, -0.2) is 0 Å². The largest absolute Gasteiger partial charge is 0.508 e. The molecule has 0 radical (unpaired) electrons. The second-order valence-corrected chi connectivity index (χ2v) is 4.39. The number of aromatic hydroxyl groups is 3. The maximum atomic E-state index is 12.7. The average molecular weight is 300 g/mol. The van der Waals surface area contributed by atoms with Gasteiger partial charge in [-0.2, -0.15) is 13.2 Å². The van der Waals surface area contributed by atoms with E-state index < -0.39 is 34.9 Å². The Hall–Kier alpha value is -2.41. The lowest BCUT2D eigenvalue weighted by molar-refractivity contribution is -0.138. The minimum absolute atomic E-state index is 0.0940. The van der Waals surface area contributed by atoms with E-state index in [1.165, 1.54) is 24.3 Å². The second kappa shape index (κ2) is 5.17. The van der Waals surface area contributed by atoms with Crippen LogP contribution in [-0.2, 0) is 6.18 Å². The third kappa shape index (κ3) is 2.87. The van der Waals surface area contributed by atoms with Crippen LogP contribution in [0.15, 0.2) is 36.4 Å². The Kier molecular flexibility index (Phi) is 3.69. The van der Waals surface area contributed by atoms with Crippen LogP contribution in [0, 0.1) is 0 Å². The summed E-state index contributed by atoms with van der Waals surface area (Å²) < 4.78 is 38.2. The van der Waals surface area contributed by atoms with E-state index in [4.69, 9.17) is 5.11 Å². The first kappa shape index (κ1) is 15.0. The molecule has 0 amide bonds. The molecule has 0 aliphatic rings. The molecule has 4 N–H and O–H groups in total. The Morgan fingerprint density at radius 1 is 0.857 bits per heavy atom. The number of halogens is 3. The van der Waals surface area contributed by atoms with Crippen LogP contribution in [0.4, 0.5) is 13.2 Å². The predicted octanol–water partition coefficient (Wildman–Crippen LogP) is 2.90. The summed E-state index contributed by atoms with van der Waals surface area (Å²) in [5.41, 5.74) is -1.89. The number of aliphatic hydroxyl groups is 1. The molecule has 0 saturated heterocycles. The normalized spacial score (nSPS) is 13.1. The van der Waals surface area contributed by atoms with E-state index in [1.54, 1.807) is 0 Å². The fraction of sp³-hybridized carbons (Fsp3) is 0.143. The zero-order valence-corrected chi connectivity index (χ0v) is 10.5. The molecule has 0 aromatic heterocycles. The molecule has 2 aromatic carbocycles. The predicted molar refractivity (Wildman–Crippen MR) is 66.9 cm³/mol. The minimum Gasteiger partial charge on any atom is -0.508 e. The van der Waals surface area contributed by atoms with Gasteiger partial charge in [0.05, 0.1) is 11.1 Å². The molecule has 112 valence electrons. The summed E-state index contributed by atoms with van der Waals surface area (Å²) in [6.45, 7) is 0. The number of hydrogen-bond donors (Lipinski definition) is 4. The number of rotatable bonds is 2. The Balaban J connectivity index is 2.55. The molecule has 0 bridgehead atoms. The highest BCUT2D eigenvalue weighted by Gasteiger charge is 2.36. The summed E-state index contributed by atoms with van der Waals surface area (Å²) in [4.78, 5) is 0. The van der Waals surface area contributed by atoms with Crippen LogP contribution in [0.5, 0.6) is 17.2 Å². The van der Waals surface area contributed by atoms with Crippen molar-refractivity contribution in [3.05, 3.63) is 53.1 Å². The molecule has 0 aliphatic carbocycles. The first-order valence-corrected chi connectivity index (χ1v) is 5.81. The van der Waals surface area contributed by atoms with Crippen molar-refractivity contribution in [2.24, 2.45) is 0 Å². The van der Waals surface area contributed by atoms with E-state index in [1.807, 2.05) is 0 Å². The summed E-state index contributed by atoms with van der Waals surface area (Å²) >= 11 is 0. The van der Waals surface area contributed by atoms with Gasteiger partial charge in [-0.3, -0.25) is 0 Å². The van der Waals surface area contributed by atoms with E-state index >= 15 is 0 Å². The molecule has 2 aromatic rings. The Morgan fingerprint density at radius 2 is 1.43 bits per heavy atom. The van der Waals surface area contributed by atoms with Gasteiger partial charge in [0.1, 0.15) is 23.4 Å². The number of phenols is 3. The van der Waals surface area contributed by atoms with Crippen molar-refractivity contribution in [3.63, 3.8) is 0 Å². The first-order valence-electron chi connectivity index (χ1n) is 5.81. The highest BCUT2D eigenvalue weighted by Crippen LogP contribution is 2.44. The average Bonchev–Trinajstić information content (AvgIpc) is 2.37. The van der Waals surface area contributed by atoms with Crippen molar-refractivity contribution < 1.29 is 33.6 Å². The minimum atomic E-state index is -4.82. The van der Waals surface area contributed by atoms with E-state index in [-0.39, 0.29) is 11.3 Å². The molecule has 0 spiro atoms. The highest BCUT2D eigenvalue weighted by atomic mass is 19.4. The van der Waals surface area contributed by atoms with Gasteiger partial charge in [-0.1, -0.05) is 12.1 Å². The standard InChI is InChI=1S/C14H11F3O4/c15-14(16,17)9-5-6-10(19)11(13(9)21)12(20)7-1-3-8(18)4-2-7/h1-6,12,18-21H. The maximum Gasteiger partial charge on any atom is 0.419 e. The lowest BCUT2D eigenvalue weighted by Gasteiger charge is -2.18. The van der Waals surface area contributed by atoms with Crippen molar-refractivity contribution in [2.75, 3.05) is 0 Å². The third-order valence-electron chi connectivity index (χ3n) is 2.98. The number of hydrogen-bond acceptors (Lipinski definition) is 4. The van der Waals surface area contributed by atoms with Crippen LogP contribution in [-0.4, -0.2) is 20.4 Å². The molecule has 4 nitrogen and oxygen atoms in total. The van der Waals surface area contributed by atoms with Crippen LogP contribution >= 0.6 is 0 Å². The van der Waals surface area contributed by atoms with Crippen molar-refractivity contribution >= 4 is 0 Å². The zero-order valence-electron chi connectivity index (χ0n) is 10.5. The van der Waals surface area contributed by atoms with Crippen LogP contribution in [0.3, 0.4) is 0 Å². The van der Waals surface area contributed by atoms with Crippen LogP contribution in [0.1, 0.15) is 22.8 Å². The maximum absolute atomic E-state index is 12.7. The van der Waals surface area contributed by atoms with Gasteiger partial charge >= 0.3 is 6.18 Å². The van der Waals surface area contributed by atoms with Crippen molar-refractivity contribution in [3.8, 4) is 17.2 Å². The van der Waals surface area contributed by atoms with Gasteiger partial charge in [-0.15, -0.1) is 0 Å². The number of aliphatic hydroxyl groups excluding tert-OH is 1. The quantitative estimate of drug-likeness (QED) is 0.687. The van der Waals surface area contributed by atoms with Gasteiger partial charge in [0.25, 0.3) is 0 Å². The van der Waals surface area contributed by atoms with Crippen LogP contribution < -0.4 is 0 Å². The Labute approximate surface area is 117 Å². The monoisotopic (exact) mass is 300 g/mol. The van der Waals surface area contributed by atoms with E-state index in [0.29, 0.717) is 6.07 Å². The van der Waals surface area contributed by atoms with Gasteiger partial charge in [0, 0.05) is 0 Å². The molecule has 1 atom stereocenters. The third-order valence-corrected chi connectivity index (χ3v) is 2.98. The Bertz CT molecular complexity index is 651. The summed E-state index contributed by atoms with van der Waals surface area (Å²) in [5.74, 6) is -1.99. The molecule has 0 heterocycles. The van der Waals surface area contributed by atoms with Gasteiger partial charge in [-0.05, 0) is 29.8 Å². The smallest absolute Gasteiger partial charge is 0.419 e. The summed E-state index contributed by atoms with van der Waals surface area (Å²) in [5, 5.41) is 38.5. The van der Waals surface area contributed by atoms with Crippen molar-refractivity contribution in [1.82, 2.24) is 0 Å². The van der Waals surface area contributed by atoms with Gasteiger partial charge in [0.2, 0.25) is 0 Å². The highest BCUT2D eigenvalue weighted by molar-refractivity contribution is 5.53. The number of phenolic OH excluding ortho intramolecular Hbond substituents is 3. The summed E-state index contributed by atoms with van der Waals surface area (Å²) in [6.07, 6.45) is -6.49. The molecule has 0 aliphatic heterocycles. The van der Waals surface area contributed by atoms with Crippen LogP contribution in [0.25, 0.3) is 0 Å². The molecule has 1 unspecified atom stereocenters. The fourth-order valence-corrected chi connectivity index (χ4v) is 1.92. The van der Waals surface area contributed by atoms with Crippen molar-refractivity contribution in [1.29, 1.82) is 0 Å². The van der Waals surface area contributed by atoms with Gasteiger partial charge in [0.15, 0.2) is 0 Å². The van der Waals surface area contributed by atoms with E-state index in [0.717, 1.165) is 6.07 Å². The lowest BCUT2D eigenvalue weighted by Crippen LogP contribution is -2.09.